The summed E-state index contributed by atoms with van der Waals surface area (Å²) in [6.45, 7) is 4.99. The number of hydrogen-bond acceptors (Lipinski definition) is 4. The number of rotatable bonds is 1. The summed E-state index contributed by atoms with van der Waals surface area (Å²) >= 11 is 0. The lowest BCUT2D eigenvalue weighted by atomic mass is 10.1. The number of fused-ring (bicyclic) bond motifs is 1. The van der Waals surface area contributed by atoms with Crippen LogP contribution in [-0.2, 0) is 14.3 Å². The highest BCUT2D eigenvalue weighted by atomic mass is 16.6. The molecule has 0 fully saturated rings. The summed E-state index contributed by atoms with van der Waals surface area (Å²) in [4.78, 5) is 36.4. The summed E-state index contributed by atoms with van der Waals surface area (Å²) in [5.41, 5.74) is -0.146. The molecule has 1 unspecified atom stereocenters. The zero-order valence-electron chi connectivity index (χ0n) is 11.9. The molecule has 1 atom stereocenters. The molecule has 1 aliphatic heterocycles. The molecule has 7 nitrogen and oxygen atoms in total. The number of para-hydroxylation sites is 2. The Morgan fingerprint density at radius 1 is 1.29 bits per heavy atom. The molecule has 7 heteroatoms. The molecule has 0 aliphatic carbocycles. The van der Waals surface area contributed by atoms with Gasteiger partial charge in [0.2, 0.25) is 6.04 Å². The SMILES string of the molecule is CC(C)(C)OC(=O)N1c2ccccc2NC(=O)C1C(=O)O. The average molecular weight is 292 g/mol. The second-order valence-corrected chi connectivity index (χ2v) is 5.60. The highest BCUT2D eigenvalue weighted by molar-refractivity contribution is 6.19. The van der Waals surface area contributed by atoms with E-state index in [0.717, 1.165) is 4.90 Å². The van der Waals surface area contributed by atoms with E-state index in [0.29, 0.717) is 11.4 Å². The van der Waals surface area contributed by atoms with Crippen LogP contribution in [0.1, 0.15) is 20.8 Å². The molecule has 2 rings (SSSR count). The lowest BCUT2D eigenvalue weighted by molar-refractivity contribution is -0.141. The Balaban J connectivity index is 2.48. The van der Waals surface area contributed by atoms with E-state index < -0.39 is 29.6 Å². The number of anilines is 2. The molecule has 0 saturated heterocycles. The van der Waals surface area contributed by atoms with Crippen molar-refractivity contribution in [3.8, 4) is 0 Å². The maximum Gasteiger partial charge on any atom is 0.416 e. The first-order valence-electron chi connectivity index (χ1n) is 6.35. The van der Waals surface area contributed by atoms with Crippen LogP contribution in [0.25, 0.3) is 0 Å². The summed E-state index contributed by atoms with van der Waals surface area (Å²) < 4.78 is 5.21. The first-order chi connectivity index (χ1) is 9.70. The quantitative estimate of drug-likeness (QED) is 0.770. The number of nitrogens with zero attached hydrogens (tertiary/aromatic N) is 1. The van der Waals surface area contributed by atoms with Gasteiger partial charge in [0.05, 0.1) is 11.4 Å². The van der Waals surface area contributed by atoms with Gasteiger partial charge in [-0.05, 0) is 32.9 Å². The Morgan fingerprint density at radius 2 is 1.90 bits per heavy atom. The molecule has 0 spiro atoms. The van der Waals surface area contributed by atoms with Gasteiger partial charge in [-0.15, -0.1) is 0 Å². The van der Waals surface area contributed by atoms with Crippen LogP contribution in [0.2, 0.25) is 0 Å². The second kappa shape index (κ2) is 5.08. The van der Waals surface area contributed by atoms with E-state index >= 15 is 0 Å². The predicted octanol–water partition coefficient (Wildman–Crippen LogP) is 1.83. The zero-order chi connectivity index (χ0) is 15.8. The molecule has 0 saturated carbocycles. The molecule has 1 aromatic rings. The Kier molecular flexibility index (Phi) is 3.59. The third-order valence-electron chi connectivity index (χ3n) is 2.75. The molecular formula is C14H16N2O5. The van der Waals surface area contributed by atoms with E-state index in [9.17, 15) is 19.5 Å². The van der Waals surface area contributed by atoms with Crippen molar-refractivity contribution in [3.05, 3.63) is 24.3 Å². The number of benzene rings is 1. The lowest BCUT2D eigenvalue weighted by Gasteiger charge is -2.35. The minimum atomic E-state index is -1.66. The minimum Gasteiger partial charge on any atom is -0.479 e. The van der Waals surface area contributed by atoms with Gasteiger partial charge in [0.25, 0.3) is 5.91 Å². The third-order valence-corrected chi connectivity index (χ3v) is 2.75. The fraction of sp³-hybridized carbons (Fsp3) is 0.357. The van der Waals surface area contributed by atoms with Crippen molar-refractivity contribution >= 4 is 29.3 Å². The largest absolute Gasteiger partial charge is 0.479 e. The molecular weight excluding hydrogens is 276 g/mol. The minimum absolute atomic E-state index is 0.291. The van der Waals surface area contributed by atoms with Crippen molar-refractivity contribution < 1.29 is 24.2 Å². The molecule has 0 aromatic heterocycles. The van der Waals surface area contributed by atoms with Crippen LogP contribution < -0.4 is 10.2 Å². The van der Waals surface area contributed by atoms with Crippen molar-refractivity contribution in [2.75, 3.05) is 10.2 Å². The number of nitrogens with one attached hydrogen (secondary N) is 1. The molecule has 1 aliphatic rings. The summed E-state index contributed by atoms with van der Waals surface area (Å²) in [5, 5.41) is 11.7. The Morgan fingerprint density at radius 3 is 2.48 bits per heavy atom. The highest BCUT2D eigenvalue weighted by Crippen LogP contribution is 2.33. The van der Waals surface area contributed by atoms with Crippen molar-refractivity contribution in [1.82, 2.24) is 0 Å². The van der Waals surface area contributed by atoms with E-state index in [-0.39, 0.29) is 0 Å². The van der Waals surface area contributed by atoms with Gasteiger partial charge >= 0.3 is 12.1 Å². The summed E-state index contributed by atoms with van der Waals surface area (Å²) in [5.74, 6) is -2.21. The van der Waals surface area contributed by atoms with Crippen molar-refractivity contribution in [2.24, 2.45) is 0 Å². The number of carboxylic acids is 1. The first kappa shape index (κ1) is 14.8. The van der Waals surface area contributed by atoms with Gasteiger partial charge in [0.1, 0.15) is 5.60 Å². The number of amides is 2. The maximum atomic E-state index is 12.3. The predicted molar refractivity (Wildman–Crippen MR) is 75.2 cm³/mol. The van der Waals surface area contributed by atoms with E-state index in [2.05, 4.69) is 5.32 Å². The van der Waals surface area contributed by atoms with Crippen LogP contribution in [0, 0.1) is 0 Å². The Hall–Kier alpha value is -2.57. The van der Waals surface area contributed by atoms with Gasteiger partial charge in [0, 0.05) is 0 Å². The second-order valence-electron chi connectivity index (χ2n) is 5.60. The van der Waals surface area contributed by atoms with Gasteiger partial charge < -0.3 is 15.2 Å². The molecule has 21 heavy (non-hydrogen) atoms. The van der Waals surface area contributed by atoms with Crippen LogP contribution in [0.3, 0.4) is 0 Å². The average Bonchev–Trinajstić information content (AvgIpc) is 2.34. The van der Waals surface area contributed by atoms with E-state index in [1.165, 1.54) is 0 Å². The van der Waals surface area contributed by atoms with Gasteiger partial charge in [0.15, 0.2) is 0 Å². The van der Waals surface area contributed by atoms with Crippen LogP contribution >= 0.6 is 0 Å². The summed E-state index contributed by atoms with van der Waals surface area (Å²) in [6.07, 6.45) is -0.878. The lowest BCUT2D eigenvalue weighted by Crippen LogP contribution is -2.56. The highest BCUT2D eigenvalue weighted by Gasteiger charge is 2.43. The molecule has 1 heterocycles. The van der Waals surface area contributed by atoms with Crippen LogP contribution in [0.5, 0.6) is 0 Å². The topological polar surface area (TPSA) is 95.9 Å². The first-order valence-corrected chi connectivity index (χ1v) is 6.35. The van der Waals surface area contributed by atoms with E-state index in [1.807, 2.05) is 0 Å². The molecule has 0 radical (unpaired) electrons. The summed E-state index contributed by atoms with van der Waals surface area (Å²) in [6, 6.07) is 4.80. The number of aliphatic carboxylic acids is 1. The zero-order valence-corrected chi connectivity index (χ0v) is 11.9. The number of ether oxygens (including phenoxy) is 1. The fourth-order valence-corrected chi connectivity index (χ4v) is 1.98. The van der Waals surface area contributed by atoms with Gasteiger partial charge in [-0.2, -0.15) is 0 Å². The van der Waals surface area contributed by atoms with Crippen molar-refractivity contribution in [1.29, 1.82) is 0 Å². The van der Waals surface area contributed by atoms with Crippen LogP contribution in [0.15, 0.2) is 24.3 Å². The van der Waals surface area contributed by atoms with Crippen molar-refractivity contribution in [3.63, 3.8) is 0 Å². The Bertz CT molecular complexity index is 606. The van der Waals surface area contributed by atoms with E-state index in [4.69, 9.17) is 4.74 Å². The third kappa shape index (κ3) is 2.96. The number of hydrogen-bond donors (Lipinski definition) is 2. The van der Waals surface area contributed by atoms with Gasteiger partial charge in [-0.3, -0.25) is 9.69 Å². The van der Waals surface area contributed by atoms with E-state index in [1.54, 1.807) is 45.0 Å². The monoisotopic (exact) mass is 292 g/mol. The number of carbonyl (C=O) groups excluding carboxylic acids is 2. The maximum absolute atomic E-state index is 12.3. The van der Waals surface area contributed by atoms with Crippen LogP contribution in [0.4, 0.5) is 16.2 Å². The molecule has 1 aromatic carbocycles. The Labute approximate surface area is 121 Å². The number of carboxylic acid groups (broad SMARTS) is 1. The molecule has 112 valence electrons. The molecule has 2 N–H and O–H groups in total. The van der Waals surface area contributed by atoms with Gasteiger partial charge in [-0.1, -0.05) is 12.1 Å². The number of carbonyl (C=O) groups is 3. The molecule has 2 amide bonds. The van der Waals surface area contributed by atoms with Crippen LogP contribution in [-0.4, -0.2) is 34.7 Å². The van der Waals surface area contributed by atoms with Crippen molar-refractivity contribution in [2.45, 2.75) is 32.4 Å². The normalized spacial score (nSPS) is 17.8. The smallest absolute Gasteiger partial charge is 0.416 e. The van der Waals surface area contributed by atoms with Gasteiger partial charge in [-0.25, -0.2) is 9.59 Å². The molecule has 0 bridgehead atoms. The fourth-order valence-electron chi connectivity index (χ4n) is 1.98. The standard InChI is InChI=1S/C14H16N2O5/c1-14(2,3)21-13(20)16-9-7-5-4-6-8(9)15-11(17)10(16)12(18)19/h4-7,10H,1-3H3,(H,15,17)(H,18,19). The summed E-state index contributed by atoms with van der Waals surface area (Å²) in [7, 11) is 0.